The molecule has 3 aromatic rings. The Hall–Kier alpha value is -3.39. The van der Waals surface area contributed by atoms with Gasteiger partial charge in [-0.05, 0) is 37.6 Å². The summed E-state index contributed by atoms with van der Waals surface area (Å²) in [5, 5.41) is 12.9. The fourth-order valence-electron chi connectivity index (χ4n) is 2.90. The molecule has 0 fully saturated rings. The van der Waals surface area contributed by atoms with E-state index in [-0.39, 0.29) is 0 Å². The molecule has 8 heteroatoms. The van der Waals surface area contributed by atoms with Gasteiger partial charge in [0, 0.05) is 42.6 Å². The number of pyridine rings is 2. The van der Waals surface area contributed by atoms with Crippen molar-refractivity contribution in [3.8, 4) is 0 Å². The van der Waals surface area contributed by atoms with Gasteiger partial charge in [0.1, 0.15) is 5.65 Å². The molecule has 0 aromatic carbocycles. The molecule has 0 radical (unpaired) electrons. The lowest BCUT2D eigenvalue weighted by Gasteiger charge is -2.17. The van der Waals surface area contributed by atoms with E-state index in [2.05, 4.69) is 47.4 Å². The Kier molecular flexibility index (Phi) is 4.47. The van der Waals surface area contributed by atoms with Crippen LogP contribution >= 0.6 is 0 Å². The van der Waals surface area contributed by atoms with Crippen LogP contribution in [0.3, 0.4) is 0 Å². The molecular weight excluding hydrogens is 340 g/mol. The van der Waals surface area contributed by atoms with Gasteiger partial charge in [-0.2, -0.15) is 0 Å². The maximum absolute atomic E-state index is 7.70. The van der Waals surface area contributed by atoms with Crippen molar-refractivity contribution in [2.45, 2.75) is 26.4 Å². The van der Waals surface area contributed by atoms with E-state index in [1.54, 1.807) is 6.20 Å². The number of hydrogen-bond acceptors (Lipinski definition) is 7. The van der Waals surface area contributed by atoms with Crippen LogP contribution in [0.4, 0.5) is 11.5 Å². The number of hydrogen-bond donors (Lipinski definition) is 4. The highest BCUT2D eigenvalue weighted by Crippen LogP contribution is 2.29. The standard InChI is InChI=1S/C19H22N8/c1-13(2)22-10-15(9-20)16-4-5-17-19(23-16)27(25-24-17)12-14-3-6-18-21-7-8-26(18)11-14/h3-11,13,20,22,24-25H,12H2,1-2H3/b15-10+,20-9?. The molecule has 27 heavy (non-hydrogen) atoms. The van der Waals surface area contributed by atoms with Crippen molar-refractivity contribution in [3.63, 3.8) is 0 Å². The highest BCUT2D eigenvalue weighted by atomic mass is 15.7. The summed E-state index contributed by atoms with van der Waals surface area (Å²) in [4.78, 5) is 9.03. The van der Waals surface area contributed by atoms with Crippen LogP contribution in [-0.2, 0) is 6.54 Å². The second-order valence-corrected chi connectivity index (χ2v) is 6.69. The van der Waals surface area contributed by atoms with E-state index in [0.717, 1.165) is 34.0 Å². The topological polar surface area (TPSA) is 93.4 Å². The maximum atomic E-state index is 7.70. The van der Waals surface area contributed by atoms with Gasteiger partial charge in [0.2, 0.25) is 0 Å². The molecule has 0 amide bonds. The van der Waals surface area contributed by atoms with E-state index in [1.807, 2.05) is 40.0 Å². The molecule has 4 N–H and O–H groups in total. The molecular formula is C19H22N8. The number of allylic oxidation sites excluding steroid dienone is 1. The number of aromatic nitrogens is 3. The average molecular weight is 362 g/mol. The molecule has 1 aliphatic rings. The number of anilines is 2. The molecule has 4 rings (SSSR count). The van der Waals surface area contributed by atoms with E-state index < -0.39 is 0 Å². The van der Waals surface area contributed by atoms with Crippen LogP contribution in [0.2, 0.25) is 0 Å². The number of fused-ring (bicyclic) bond motifs is 2. The van der Waals surface area contributed by atoms with Gasteiger partial charge in [-0.1, -0.05) is 6.07 Å². The van der Waals surface area contributed by atoms with Crippen LogP contribution in [0.5, 0.6) is 0 Å². The predicted molar refractivity (Wildman–Crippen MR) is 107 cm³/mol. The Balaban J connectivity index is 1.60. The number of nitrogens with one attached hydrogen (secondary N) is 4. The van der Waals surface area contributed by atoms with Crippen LogP contribution in [0, 0.1) is 5.41 Å². The molecule has 0 bridgehead atoms. The minimum Gasteiger partial charge on any atom is -0.388 e. The van der Waals surface area contributed by atoms with E-state index in [0.29, 0.717) is 12.6 Å². The van der Waals surface area contributed by atoms with Crippen LogP contribution in [0.15, 0.2) is 49.1 Å². The van der Waals surface area contributed by atoms with Gasteiger partial charge in [-0.25, -0.2) is 9.97 Å². The first-order chi connectivity index (χ1) is 13.1. The first-order valence-electron chi connectivity index (χ1n) is 8.83. The second-order valence-electron chi connectivity index (χ2n) is 6.69. The third kappa shape index (κ3) is 3.47. The number of hydrazine groups is 2. The third-order valence-electron chi connectivity index (χ3n) is 4.27. The first kappa shape index (κ1) is 17.0. The largest absolute Gasteiger partial charge is 0.388 e. The second kappa shape index (κ2) is 7.08. The summed E-state index contributed by atoms with van der Waals surface area (Å²) in [6.07, 6.45) is 8.92. The van der Waals surface area contributed by atoms with Gasteiger partial charge >= 0.3 is 0 Å². The number of nitrogens with zero attached hydrogens (tertiary/aromatic N) is 4. The Morgan fingerprint density at radius 1 is 1.30 bits per heavy atom. The Morgan fingerprint density at radius 3 is 3.00 bits per heavy atom. The molecule has 8 nitrogen and oxygen atoms in total. The quantitative estimate of drug-likeness (QED) is 0.504. The van der Waals surface area contributed by atoms with Crippen molar-refractivity contribution in [2.24, 2.45) is 0 Å². The highest BCUT2D eigenvalue weighted by molar-refractivity contribution is 6.07. The molecule has 0 unspecified atom stereocenters. The SMILES string of the molecule is CC(C)N/C=C(\C=N)c1ccc2c(n1)N(Cc1ccc3nccn3c1)NN2. The Morgan fingerprint density at radius 2 is 2.19 bits per heavy atom. The molecule has 0 atom stereocenters. The molecule has 138 valence electrons. The van der Waals surface area contributed by atoms with Crippen molar-refractivity contribution >= 4 is 28.9 Å². The molecule has 0 saturated carbocycles. The fourth-order valence-corrected chi connectivity index (χ4v) is 2.90. The lowest BCUT2D eigenvalue weighted by Crippen LogP contribution is -2.35. The minimum atomic E-state index is 0.298. The summed E-state index contributed by atoms with van der Waals surface area (Å²) in [5.74, 6) is 0.801. The monoisotopic (exact) mass is 362 g/mol. The van der Waals surface area contributed by atoms with Crippen LogP contribution in [0.1, 0.15) is 25.1 Å². The minimum absolute atomic E-state index is 0.298. The zero-order chi connectivity index (χ0) is 18.8. The molecule has 3 aromatic heterocycles. The van der Waals surface area contributed by atoms with Crippen LogP contribution in [-0.4, -0.2) is 26.6 Å². The first-order valence-corrected chi connectivity index (χ1v) is 8.83. The summed E-state index contributed by atoms with van der Waals surface area (Å²) >= 11 is 0. The van der Waals surface area contributed by atoms with E-state index in [9.17, 15) is 0 Å². The maximum Gasteiger partial charge on any atom is 0.170 e. The lowest BCUT2D eigenvalue weighted by molar-refractivity contribution is 0.704. The summed E-state index contributed by atoms with van der Waals surface area (Å²) in [5.41, 5.74) is 10.7. The fraction of sp³-hybridized carbons (Fsp3) is 0.211. The van der Waals surface area contributed by atoms with Gasteiger partial charge in [0.15, 0.2) is 5.82 Å². The zero-order valence-corrected chi connectivity index (χ0v) is 15.3. The van der Waals surface area contributed by atoms with Gasteiger partial charge < -0.3 is 20.6 Å². The van der Waals surface area contributed by atoms with E-state index in [1.165, 1.54) is 6.21 Å². The zero-order valence-electron chi connectivity index (χ0n) is 15.3. The van der Waals surface area contributed by atoms with Crippen molar-refractivity contribution in [1.29, 1.82) is 5.41 Å². The molecule has 4 heterocycles. The molecule has 1 aliphatic heterocycles. The highest BCUT2D eigenvalue weighted by Gasteiger charge is 2.21. The van der Waals surface area contributed by atoms with Gasteiger partial charge in [0.25, 0.3) is 0 Å². The van der Waals surface area contributed by atoms with Gasteiger partial charge in [-0.15, -0.1) is 5.53 Å². The van der Waals surface area contributed by atoms with E-state index in [4.69, 9.17) is 10.4 Å². The van der Waals surface area contributed by atoms with Crippen molar-refractivity contribution < 1.29 is 0 Å². The number of rotatable bonds is 6. The summed E-state index contributed by atoms with van der Waals surface area (Å²) < 4.78 is 2.00. The smallest absolute Gasteiger partial charge is 0.170 e. The van der Waals surface area contributed by atoms with Gasteiger partial charge in [0.05, 0.1) is 17.9 Å². The summed E-state index contributed by atoms with van der Waals surface area (Å²) in [6.45, 7) is 4.75. The van der Waals surface area contributed by atoms with Crippen molar-refractivity contribution in [3.05, 3.63) is 60.3 Å². The van der Waals surface area contributed by atoms with Crippen LogP contribution < -0.4 is 21.3 Å². The average Bonchev–Trinajstić information content (AvgIpc) is 3.28. The summed E-state index contributed by atoms with van der Waals surface area (Å²) in [7, 11) is 0. The van der Waals surface area contributed by atoms with Crippen molar-refractivity contribution in [1.82, 2.24) is 25.2 Å². The molecule has 0 saturated heterocycles. The summed E-state index contributed by atoms with van der Waals surface area (Å²) in [6, 6.07) is 8.23. The Bertz CT molecular complexity index is 1000. The Labute approximate surface area is 157 Å². The van der Waals surface area contributed by atoms with E-state index >= 15 is 0 Å². The molecule has 0 spiro atoms. The van der Waals surface area contributed by atoms with Gasteiger partial charge in [-0.3, -0.25) is 5.01 Å². The number of imidazole rings is 1. The third-order valence-corrected chi connectivity index (χ3v) is 4.27. The lowest BCUT2D eigenvalue weighted by atomic mass is 10.2. The van der Waals surface area contributed by atoms with Crippen molar-refractivity contribution in [2.75, 3.05) is 10.4 Å². The predicted octanol–water partition coefficient (Wildman–Crippen LogP) is 2.57. The van der Waals surface area contributed by atoms with Crippen LogP contribution in [0.25, 0.3) is 11.2 Å². The molecule has 0 aliphatic carbocycles. The normalized spacial score (nSPS) is 13.7.